The summed E-state index contributed by atoms with van der Waals surface area (Å²) < 4.78 is 6.68. The first-order chi connectivity index (χ1) is 8.60. The largest absolute Gasteiger partial charge is 0.456 e. The second kappa shape index (κ2) is 5.74. The maximum Gasteiger partial charge on any atom is 0.146 e. The molecule has 0 aliphatic carbocycles. The fourth-order valence-electron chi connectivity index (χ4n) is 1.65. The molecule has 0 amide bonds. The number of nitrogens with two attached hydrogens (primary N) is 1. The predicted octanol–water partition coefficient (Wildman–Crippen LogP) is 4.66. The topological polar surface area (TPSA) is 35.2 Å². The van der Waals surface area contributed by atoms with Crippen molar-refractivity contribution < 1.29 is 4.74 Å². The van der Waals surface area contributed by atoms with Crippen LogP contribution in [0.2, 0.25) is 5.02 Å². The number of halogens is 2. The number of benzene rings is 2. The van der Waals surface area contributed by atoms with Crippen molar-refractivity contribution in [2.75, 3.05) is 0 Å². The molecule has 0 saturated heterocycles. The molecule has 2 aromatic carbocycles. The highest BCUT2D eigenvalue weighted by Crippen LogP contribution is 2.32. The number of hydrogen-bond acceptors (Lipinski definition) is 2. The van der Waals surface area contributed by atoms with Gasteiger partial charge in [-0.25, -0.2) is 0 Å². The van der Waals surface area contributed by atoms with E-state index in [9.17, 15) is 0 Å². The molecule has 2 nitrogen and oxygen atoms in total. The van der Waals surface area contributed by atoms with Gasteiger partial charge in [0.1, 0.15) is 11.5 Å². The second-order valence-corrected chi connectivity index (χ2v) is 5.29. The van der Waals surface area contributed by atoms with Crippen LogP contribution >= 0.6 is 27.5 Å². The molecule has 0 radical (unpaired) electrons. The Balaban J connectivity index is 2.26. The molecule has 0 aliphatic heterocycles. The molecule has 0 fully saturated rings. The van der Waals surface area contributed by atoms with Gasteiger partial charge in [0, 0.05) is 11.0 Å². The smallest absolute Gasteiger partial charge is 0.146 e. The lowest BCUT2D eigenvalue weighted by Gasteiger charge is -2.10. The molecule has 2 aromatic rings. The highest BCUT2D eigenvalue weighted by molar-refractivity contribution is 9.10. The molecule has 94 valence electrons. The van der Waals surface area contributed by atoms with Gasteiger partial charge in [-0.2, -0.15) is 0 Å². The first kappa shape index (κ1) is 13.4. The molecule has 0 saturated carbocycles. The quantitative estimate of drug-likeness (QED) is 0.890. The van der Waals surface area contributed by atoms with Crippen LogP contribution in [-0.2, 0) is 6.54 Å². The van der Waals surface area contributed by atoms with E-state index in [-0.39, 0.29) is 0 Å². The predicted molar refractivity (Wildman–Crippen MR) is 78.3 cm³/mol. The normalized spacial score (nSPS) is 10.4. The Bertz CT molecular complexity index is 572. The van der Waals surface area contributed by atoms with Gasteiger partial charge in [-0.15, -0.1) is 0 Å². The Labute approximate surface area is 120 Å². The molecule has 0 atom stereocenters. The number of aryl methyl sites for hydroxylation is 1. The minimum Gasteiger partial charge on any atom is -0.456 e. The van der Waals surface area contributed by atoms with Crippen LogP contribution in [0, 0.1) is 6.92 Å². The fraction of sp³-hybridized carbons (Fsp3) is 0.143. The zero-order valence-corrected chi connectivity index (χ0v) is 12.3. The van der Waals surface area contributed by atoms with Crippen molar-refractivity contribution in [3.8, 4) is 11.5 Å². The Morgan fingerprint density at radius 3 is 2.61 bits per heavy atom. The van der Waals surface area contributed by atoms with Crippen molar-refractivity contribution in [3.05, 3.63) is 57.0 Å². The summed E-state index contributed by atoms with van der Waals surface area (Å²) in [5.74, 6) is 1.40. The summed E-state index contributed by atoms with van der Waals surface area (Å²) in [7, 11) is 0. The third-order valence-electron chi connectivity index (χ3n) is 2.66. The lowest BCUT2D eigenvalue weighted by atomic mass is 10.1. The molecule has 0 aromatic heterocycles. The Hall–Kier alpha value is -1.03. The van der Waals surface area contributed by atoms with Gasteiger partial charge in [-0.05, 0) is 48.4 Å². The van der Waals surface area contributed by atoms with Gasteiger partial charge in [0.25, 0.3) is 0 Å². The van der Waals surface area contributed by atoms with Crippen LogP contribution in [0.3, 0.4) is 0 Å². The zero-order chi connectivity index (χ0) is 13.1. The Kier molecular flexibility index (Phi) is 4.27. The zero-order valence-electron chi connectivity index (χ0n) is 9.91. The Morgan fingerprint density at radius 2 is 2.00 bits per heavy atom. The van der Waals surface area contributed by atoms with E-state index < -0.39 is 0 Å². The van der Waals surface area contributed by atoms with Crippen LogP contribution in [0.15, 0.2) is 40.9 Å². The summed E-state index contributed by atoms with van der Waals surface area (Å²) in [5, 5.41) is 0.574. The molecule has 0 bridgehead atoms. The number of ether oxygens (including phenoxy) is 1. The lowest BCUT2D eigenvalue weighted by molar-refractivity contribution is 0.482. The van der Waals surface area contributed by atoms with Crippen LogP contribution in [0.25, 0.3) is 0 Å². The van der Waals surface area contributed by atoms with Crippen molar-refractivity contribution in [2.45, 2.75) is 13.5 Å². The standard InChI is InChI=1S/C14H13BrClNO/c1-9-6-12(4-2-10(9)8-17)18-14-5-3-11(15)7-13(14)16/h2-7H,8,17H2,1H3. The minimum absolute atomic E-state index is 0.533. The van der Waals surface area contributed by atoms with E-state index >= 15 is 0 Å². The molecule has 0 heterocycles. The van der Waals surface area contributed by atoms with Crippen LogP contribution in [0.1, 0.15) is 11.1 Å². The van der Waals surface area contributed by atoms with Crippen LogP contribution < -0.4 is 10.5 Å². The van der Waals surface area contributed by atoms with E-state index in [0.29, 0.717) is 17.3 Å². The monoisotopic (exact) mass is 325 g/mol. The fourth-order valence-corrected chi connectivity index (χ4v) is 2.36. The molecule has 2 rings (SSSR count). The number of rotatable bonds is 3. The van der Waals surface area contributed by atoms with Gasteiger partial charge < -0.3 is 10.5 Å². The lowest BCUT2D eigenvalue weighted by Crippen LogP contribution is -1.99. The molecule has 18 heavy (non-hydrogen) atoms. The van der Waals surface area contributed by atoms with Crippen molar-refractivity contribution in [1.29, 1.82) is 0 Å². The SMILES string of the molecule is Cc1cc(Oc2ccc(Br)cc2Cl)ccc1CN. The summed E-state index contributed by atoms with van der Waals surface area (Å²) in [4.78, 5) is 0. The van der Waals surface area contributed by atoms with Crippen molar-refractivity contribution in [1.82, 2.24) is 0 Å². The van der Waals surface area contributed by atoms with Gasteiger partial charge in [0.2, 0.25) is 0 Å². The average Bonchev–Trinajstić information content (AvgIpc) is 2.33. The van der Waals surface area contributed by atoms with Crippen molar-refractivity contribution in [2.24, 2.45) is 5.73 Å². The molecule has 4 heteroatoms. The van der Waals surface area contributed by atoms with E-state index in [2.05, 4.69) is 15.9 Å². The van der Waals surface area contributed by atoms with E-state index in [1.165, 1.54) is 0 Å². The van der Waals surface area contributed by atoms with Gasteiger partial charge >= 0.3 is 0 Å². The van der Waals surface area contributed by atoms with Gasteiger partial charge in [-0.3, -0.25) is 0 Å². The van der Waals surface area contributed by atoms with Crippen molar-refractivity contribution in [3.63, 3.8) is 0 Å². The molecular formula is C14H13BrClNO. The summed E-state index contributed by atoms with van der Waals surface area (Å²) in [6.45, 7) is 2.55. The van der Waals surface area contributed by atoms with Crippen LogP contribution in [-0.4, -0.2) is 0 Å². The maximum atomic E-state index is 6.10. The van der Waals surface area contributed by atoms with Gasteiger partial charge in [0.15, 0.2) is 0 Å². The van der Waals surface area contributed by atoms with E-state index in [1.54, 1.807) is 6.07 Å². The van der Waals surface area contributed by atoms with E-state index in [4.69, 9.17) is 22.1 Å². The number of hydrogen-bond donors (Lipinski definition) is 1. The molecule has 0 unspecified atom stereocenters. The molecule has 0 spiro atoms. The third-order valence-corrected chi connectivity index (χ3v) is 3.44. The van der Waals surface area contributed by atoms with E-state index in [0.717, 1.165) is 21.3 Å². The molecule has 2 N–H and O–H groups in total. The van der Waals surface area contributed by atoms with E-state index in [1.807, 2.05) is 37.3 Å². The van der Waals surface area contributed by atoms with Crippen LogP contribution in [0.5, 0.6) is 11.5 Å². The highest BCUT2D eigenvalue weighted by atomic mass is 79.9. The summed E-state index contributed by atoms with van der Waals surface area (Å²) in [6, 6.07) is 11.4. The van der Waals surface area contributed by atoms with Gasteiger partial charge in [0.05, 0.1) is 5.02 Å². The first-order valence-corrected chi connectivity index (χ1v) is 6.70. The maximum absolute atomic E-state index is 6.10. The first-order valence-electron chi connectivity index (χ1n) is 5.52. The summed E-state index contributed by atoms with van der Waals surface area (Å²) in [5.41, 5.74) is 7.86. The van der Waals surface area contributed by atoms with Crippen molar-refractivity contribution >= 4 is 27.5 Å². The third kappa shape index (κ3) is 3.05. The highest BCUT2D eigenvalue weighted by Gasteiger charge is 2.05. The minimum atomic E-state index is 0.533. The van der Waals surface area contributed by atoms with Crippen LogP contribution in [0.4, 0.5) is 0 Å². The average molecular weight is 327 g/mol. The molecular weight excluding hydrogens is 314 g/mol. The second-order valence-electron chi connectivity index (χ2n) is 3.97. The Morgan fingerprint density at radius 1 is 1.22 bits per heavy atom. The van der Waals surface area contributed by atoms with Gasteiger partial charge in [-0.1, -0.05) is 33.6 Å². The molecule has 0 aliphatic rings. The summed E-state index contributed by atoms with van der Waals surface area (Å²) >= 11 is 9.46. The summed E-state index contributed by atoms with van der Waals surface area (Å²) in [6.07, 6.45) is 0.